The van der Waals surface area contributed by atoms with Crippen LogP contribution in [0.5, 0.6) is 11.5 Å². The van der Waals surface area contributed by atoms with E-state index >= 15 is 0 Å². The first kappa shape index (κ1) is 21.2. The lowest BCUT2D eigenvalue weighted by molar-refractivity contribution is 0.195. The Labute approximate surface area is 187 Å². The number of nitrogens with zero attached hydrogens (tertiary/aromatic N) is 1. The lowest BCUT2D eigenvalue weighted by Gasteiger charge is -2.36. The molecule has 5 nitrogen and oxygen atoms in total. The van der Waals surface area contributed by atoms with E-state index < -0.39 is 0 Å². The van der Waals surface area contributed by atoms with Gasteiger partial charge < -0.3 is 19.7 Å². The van der Waals surface area contributed by atoms with Crippen molar-refractivity contribution in [2.45, 2.75) is 32.7 Å². The van der Waals surface area contributed by atoms with Crippen LogP contribution in [0.25, 0.3) is 0 Å². The highest BCUT2D eigenvalue weighted by Gasteiger charge is 2.35. The Bertz CT molecular complexity index is 1070. The molecule has 0 saturated heterocycles. The van der Waals surface area contributed by atoms with Crippen LogP contribution < -0.4 is 14.8 Å². The first-order valence-corrected chi connectivity index (χ1v) is 11.3. The smallest absolute Gasteiger partial charge is 0.322 e. The third-order valence-corrected chi connectivity index (χ3v) is 7.15. The number of methoxy groups -OCH3 is 2. The van der Waals surface area contributed by atoms with Gasteiger partial charge in [0.15, 0.2) is 0 Å². The highest BCUT2D eigenvalue weighted by molar-refractivity contribution is 7.12. The monoisotopic (exact) mass is 436 g/mol. The standard InChI is InChI=1S/C25H28N2O3S/c1-5-19-16(2)31-24-20(19)14-15-27(23(24)17-10-12-18(29-3)13-11-17)25(28)26-21-8-6-7-9-22(21)30-4/h6-13,23H,5,14-15H2,1-4H3,(H,26,28)/t23-/m1/s1. The molecule has 1 aromatic heterocycles. The first-order chi connectivity index (χ1) is 15.1. The van der Waals surface area contributed by atoms with Gasteiger partial charge in [0.1, 0.15) is 11.5 Å². The van der Waals surface area contributed by atoms with Crippen molar-refractivity contribution in [1.29, 1.82) is 0 Å². The first-order valence-electron chi connectivity index (χ1n) is 10.5. The maximum atomic E-state index is 13.5. The van der Waals surface area contributed by atoms with Crippen LogP contribution in [0.1, 0.15) is 39.4 Å². The number of nitrogens with one attached hydrogen (secondary N) is 1. The normalized spacial score (nSPS) is 15.4. The topological polar surface area (TPSA) is 50.8 Å². The molecule has 2 aromatic carbocycles. The van der Waals surface area contributed by atoms with E-state index in [0.717, 1.165) is 24.2 Å². The van der Waals surface area contributed by atoms with Crippen molar-refractivity contribution >= 4 is 23.1 Å². The zero-order valence-corrected chi connectivity index (χ0v) is 19.2. The minimum atomic E-state index is -0.131. The van der Waals surface area contributed by atoms with Gasteiger partial charge >= 0.3 is 6.03 Å². The number of para-hydroxylation sites is 2. The number of amides is 2. The summed E-state index contributed by atoms with van der Waals surface area (Å²) in [4.78, 5) is 18.0. The molecule has 0 radical (unpaired) electrons. The molecule has 1 N–H and O–H groups in total. The summed E-state index contributed by atoms with van der Waals surface area (Å²) in [6.07, 6.45) is 1.88. The highest BCUT2D eigenvalue weighted by Crippen LogP contribution is 2.43. The number of ether oxygens (including phenoxy) is 2. The Morgan fingerprint density at radius 2 is 1.87 bits per heavy atom. The van der Waals surface area contributed by atoms with Crippen LogP contribution in [0.15, 0.2) is 48.5 Å². The summed E-state index contributed by atoms with van der Waals surface area (Å²) in [6.45, 7) is 5.05. The van der Waals surface area contributed by atoms with E-state index in [1.165, 1.54) is 20.9 Å². The van der Waals surface area contributed by atoms with Gasteiger partial charge in [-0.1, -0.05) is 31.2 Å². The maximum Gasteiger partial charge on any atom is 0.322 e. The number of anilines is 1. The number of rotatable bonds is 5. The van der Waals surface area contributed by atoms with Gasteiger partial charge in [0, 0.05) is 16.3 Å². The molecule has 2 amide bonds. The molecule has 0 spiro atoms. The molecule has 6 heteroatoms. The Balaban J connectivity index is 1.73. The summed E-state index contributed by atoms with van der Waals surface area (Å²) in [5.74, 6) is 1.45. The molecule has 0 unspecified atom stereocenters. The van der Waals surface area contributed by atoms with Crippen molar-refractivity contribution in [1.82, 2.24) is 4.90 Å². The fourth-order valence-corrected chi connectivity index (χ4v) is 5.82. The Morgan fingerprint density at radius 3 is 2.55 bits per heavy atom. The molecule has 162 valence electrons. The van der Waals surface area contributed by atoms with Gasteiger partial charge in [0.05, 0.1) is 25.9 Å². The molecule has 3 aromatic rings. The minimum Gasteiger partial charge on any atom is -0.497 e. The van der Waals surface area contributed by atoms with Gasteiger partial charge in [-0.05, 0) is 60.7 Å². The van der Waals surface area contributed by atoms with E-state index in [2.05, 4.69) is 31.3 Å². The molecule has 1 aliphatic rings. The van der Waals surface area contributed by atoms with Crippen molar-refractivity contribution in [2.24, 2.45) is 0 Å². The second-order valence-electron chi connectivity index (χ2n) is 7.58. The van der Waals surface area contributed by atoms with E-state index in [0.29, 0.717) is 18.0 Å². The Morgan fingerprint density at radius 1 is 1.13 bits per heavy atom. The van der Waals surface area contributed by atoms with Crippen LogP contribution in [0.4, 0.5) is 10.5 Å². The molecule has 0 fully saturated rings. The van der Waals surface area contributed by atoms with Crippen LogP contribution in [0.2, 0.25) is 0 Å². The summed E-state index contributed by atoms with van der Waals surface area (Å²) in [5, 5.41) is 3.06. The fraction of sp³-hybridized carbons (Fsp3) is 0.320. The van der Waals surface area contributed by atoms with Crippen molar-refractivity contribution in [3.8, 4) is 11.5 Å². The average molecular weight is 437 g/mol. The van der Waals surface area contributed by atoms with Crippen molar-refractivity contribution in [2.75, 3.05) is 26.1 Å². The molecule has 1 atom stereocenters. The molecular weight excluding hydrogens is 408 g/mol. The number of thiophene rings is 1. The maximum absolute atomic E-state index is 13.5. The lowest BCUT2D eigenvalue weighted by Crippen LogP contribution is -2.42. The van der Waals surface area contributed by atoms with E-state index in [1.807, 2.05) is 52.6 Å². The summed E-state index contributed by atoms with van der Waals surface area (Å²) in [6, 6.07) is 15.3. The second kappa shape index (κ2) is 9.02. The summed E-state index contributed by atoms with van der Waals surface area (Å²) in [5.41, 5.74) is 4.60. The Hall–Kier alpha value is -2.99. The third-order valence-electron chi connectivity index (χ3n) is 5.91. The quantitative estimate of drug-likeness (QED) is 0.549. The predicted octanol–water partition coefficient (Wildman–Crippen LogP) is 5.82. The summed E-state index contributed by atoms with van der Waals surface area (Å²) in [7, 11) is 3.27. The molecule has 0 bridgehead atoms. The fourth-order valence-electron chi connectivity index (χ4n) is 4.38. The molecule has 0 aliphatic carbocycles. The summed E-state index contributed by atoms with van der Waals surface area (Å²) >= 11 is 1.81. The van der Waals surface area contributed by atoms with Crippen molar-refractivity contribution in [3.63, 3.8) is 0 Å². The van der Waals surface area contributed by atoms with Crippen LogP contribution in [0.3, 0.4) is 0 Å². The number of urea groups is 1. The van der Waals surface area contributed by atoms with Gasteiger partial charge in [-0.15, -0.1) is 11.3 Å². The molecule has 0 saturated carbocycles. The number of fused-ring (bicyclic) bond motifs is 1. The number of aryl methyl sites for hydroxylation is 1. The van der Waals surface area contributed by atoms with Crippen LogP contribution in [-0.4, -0.2) is 31.7 Å². The lowest BCUT2D eigenvalue weighted by atomic mass is 9.92. The van der Waals surface area contributed by atoms with Crippen LogP contribution in [-0.2, 0) is 12.8 Å². The van der Waals surface area contributed by atoms with Gasteiger partial charge in [0.2, 0.25) is 0 Å². The molecule has 1 aliphatic heterocycles. The second-order valence-corrected chi connectivity index (χ2v) is 8.84. The SMILES string of the molecule is CCc1c(C)sc2c1CCN(C(=O)Nc1ccccc1OC)[C@@H]2c1ccc(OC)cc1. The zero-order chi connectivity index (χ0) is 22.0. The van der Waals surface area contributed by atoms with E-state index in [1.54, 1.807) is 14.2 Å². The number of benzene rings is 2. The molecule has 4 rings (SSSR count). The third kappa shape index (κ3) is 4.00. The van der Waals surface area contributed by atoms with Gasteiger partial charge in [-0.2, -0.15) is 0 Å². The number of hydrogen-bond acceptors (Lipinski definition) is 4. The highest BCUT2D eigenvalue weighted by atomic mass is 32.1. The average Bonchev–Trinajstić information content (AvgIpc) is 3.13. The van der Waals surface area contributed by atoms with E-state index in [-0.39, 0.29) is 12.1 Å². The van der Waals surface area contributed by atoms with Crippen LogP contribution >= 0.6 is 11.3 Å². The number of carbonyl (C=O) groups excluding carboxylic acids is 1. The molecule has 2 heterocycles. The van der Waals surface area contributed by atoms with E-state index in [4.69, 9.17) is 9.47 Å². The largest absolute Gasteiger partial charge is 0.497 e. The van der Waals surface area contributed by atoms with Crippen molar-refractivity contribution < 1.29 is 14.3 Å². The van der Waals surface area contributed by atoms with Crippen molar-refractivity contribution in [3.05, 3.63) is 75.0 Å². The predicted molar refractivity (Wildman–Crippen MR) is 126 cm³/mol. The van der Waals surface area contributed by atoms with Gasteiger partial charge in [-0.3, -0.25) is 0 Å². The van der Waals surface area contributed by atoms with Crippen LogP contribution in [0, 0.1) is 6.92 Å². The Kier molecular flexibility index (Phi) is 6.18. The minimum absolute atomic E-state index is 0.125. The van der Waals surface area contributed by atoms with Gasteiger partial charge in [-0.25, -0.2) is 4.79 Å². The molecule has 31 heavy (non-hydrogen) atoms. The number of hydrogen-bond donors (Lipinski definition) is 1. The number of carbonyl (C=O) groups is 1. The summed E-state index contributed by atoms with van der Waals surface area (Å²) < 4.78 is 10.8. The van der Waals surface area contributed by atoms with E-state index in [9.17, 15) is 4.79 Å². The zero-order valence-electron chi connectivity index (χ0n) is 18.4. The molecular formula is C25H28N2O3S. The van der Waals surface area contributed by atoms with Gasteiger partial charge in [0.25, 0.3) is 0 Å².